The maximum atomic E-state index is 11.9. The van der Waals surface area contributed by atoms with Gasteiger partial charge in [-0.3, -0.25) is 19.1 Å². The molecule has 0 aliphatic heterocycles. The van der Waals surface area contributed by atoms with Crippen LogP contribution in [0.25, 0.3) is 0 Å². The van der Waals surface area contributed by atoms with Crippen molar-refractivity contribution in [3.8, 4) is 0 Å². The summed E-state index contributed by atoms with van der Waals surface area (Å²) in [5.74, 6) is -1.74. The topological polar surface area (TPSA) is 89.3 Å². The van der Waals surface area contributed by atoms with E-state index in [0.717, 1.165) is 0 Å². The van der Waals surface area contributed by atoms with Crippen LogP contribution in [0, 0.1) is 10.1 Å². The SMILES string of the molecule is O=C(CS(=O)Cc1cccc([N+](=O)[O-])c1)NCC(F)(F)F. The van der Waals surface area contributed by atoms with Gasteiger partial charge in [-0.2, -0.15) is 13.2 Å². The van der Waals surface area contributed by atoms with Crippen molar-refractivity contribution in [2.75, 3.05) is 12.3 Å². The van der Waals surface area contributed by atoms with E-state index in [2.05, 4.69) is 0 Å². The van der Waals surface area contributed by atoms with Gasteiger partial charge in [0, 0.05) is 28.7 Å². The first-order valence-electron chi connectivity index (χ1n) is 5.59. The third-order valence-corrected chi connectivity index (χ3v) is 3.47. The van der Waals surface area contributed by atoms with Crippen molar-refractivity contribution in [3.63, 3.8) is 0 Å². The maximum absolute atomic E-state index is 11.9. The Kier molecular flexibility index (Phi) is 5.82. The van der Waals surface area contributed by atoms with Crippen LogP contribution in [0.15, 0.2) is 24.3 Å². The summed E-state index contributed by atoms with van der Waals surface area (Å²) < 4.78 is 47.2. The summed E-state index contributed by atoms with van der Waals surface area (Å²) in [6, 6.07) is 5.33. The number of hydrogen-bond acceptors (Lipinski definition) is 4. The van der Waals surface area contributed by atoms with Crippen LogP contribution in [-0.4, -0.2) is 33.5 Å². The number of carbonyl (C=O) groups is 1. The molecule has 0 aliphatic rings. The molecular formula is C11H11F3N2O4S. The summed E-state index contributed by atoms with van der Waals surface area (Å²) in [4.78, 5) is 21.1. The molecule has 1 atom stereocenters. The van der Waals surface area contributed by atoms with E-state index in [4.69, 9.17) is 0 Å². The summed E-state index contributed by atoms with van der Waals surface area (Å²) in [6.45, 7) is -1.49. The Hall–Kier alpha value is -1.97. The molecule has 1 rings (SSSR count). The Bertz CT molecular complexity index is 563. The number of non-ortho nitro benzene ring substituents is 1. The van der Waals surface area contributed by atoms with Crippen LogP contribution >= 0.6 is 0 Å². The van der Waals surface area contributed by atoms with E-state index < -0.39 is 40.1 Å². The van der Waals surface area contributed by atoms with E-state index in [-0.39, 0.29) is 11.4 Å². The van der Waals surface area contributed by atoms with Crippen LogP contribution in [0.1, 0.15) is 5.56 Å². The van der Waals surface area contributed by atoms with Crippen LogP contribution in [-0.2, 0) is 21.3 Å². The molecular weight excluding hydrogens is 313 g/mol. The van der Waals surface area contributed by atoms with E-state index in [1.807, 2.05) is 0 Å². The fourth-order valence-corrected chi connectivity index (χ4v) is 2.44. The number of carbonyl (C=O) groups excluding carboxylic acids is 1. The molecule has 0 radical (unpaired) electrons. The van der Waals surface area contributed by atoms with E-state index in [0.29, 0.717) is 5.56 Å². The van der Waals surface area contributed by atoms with Gasteiger partial charge >= 0.3 is 6.18 Å². The highest BCUT2D eigenvalue weighted by Gasteiger charge is 2.27. The molecule has 1 unspecified atom stereocenters. The zero-order valence-electron chi connectivity index (χ0n) is 10.6. The Balaban J connectivity index is 2.52. The van der Waals surface area contributed by atoms with Gasteiger partial charge in [0.2, 0.25) is 5.91 Å². The third-order valence-electron chi connectivity index (χ3n) is 2.23. The van der Waals surface area contributed by atoms with Crippen LogP contribution in [0.2, 0.25) is 0 Å². The zero-order valence-corrected chi connectivity index (χ0v) is 11.4. The second-order valence-corrected chi connectivity index (χ2v) is 5.50. The average Bonchev–Trinajstić information content (AvgIpc) is 2.35. The fraction of sp³-hybridized carbons (Fsp3) is 0.364. The smallest absolute Gasteiger partial charge is 0.346 e. The highest BCUT2D eigenvalue weighted by molar-refractivity contribution is 7.84. The maximum Gasteiger partial charge on any atom is 0.405 e. The Labute approximate surface area is 119 Å². The molecule has 0 heterocycles. The van der Waals surface area contributed by atoms with Crippen molar-refractivity contribution >= 4 is 22.4 Å². The normalized spacial score (nSPS) is 12.7. The molecule has 10 heteroatoms. The van der Waals surface area contributed by atoms with Gasteiger partial charge < -0.3 is 5.32 Å². The van der Waals surface area contributed by atoms with Crippen LogP contribution in [0.5, 0.6) is 0 Å². The van der Waals surface area contributed by atoms with Crippen molar-refractivity contribution in [1.29, 1.82) is 0 Å². The Morgan fingerprint density at radius 2 is 2.05 bits per heavy atom. The molecule has 6 nitrogen and oxygen atoms in total. The lowest BCUT2D eigenvalue weighted by atomic mass is 10.2. The molecule has 1 N–H and O–H groups in total. The quantitative estimate of drug-likeness (QED) is 0.635. The van der Waals surface area contributed by atoms with E-state index in [1.165, 1.54) is 24.3 Å². The van der Waals surface area contributed by atoms with E-state index in [9.17, 15) is 32.3 Å². The molecule has 116 valence electrons. The predicted molar refractivity (Wildman–Crippen MR) is 68.9 cm³/mol. The van der Waals surface area contributed by atoms with Crippen molar-refractivity contribution in [1.82, 2.24) is 5.32 Å². The molecule has 0 spiro atoms. The first-order chi connectivity index (χ1) is 9.67. The second-order valence-electron chi connectivity index (χ2n) is 4.05. The van der Waals surface area contributed by atoms with Crippen molar-refractivity contribution in [2.24, 2.45) is 0 Å². The van der Waals surface area contributed by atoms with Crippen LogP contribution in [0.4, 0.5) is 18.9 Å². The van der Waals surface area contributed by atoms with Gasteiger partial charge in [-0.15, -0.1) is 0 Å². The third kappa shape index (κ3) is 6.84. The van der Waals surface area contributed by atoms with Gasteiger partial charge in [-0.25, -0.2) is 0 Å². The standard InChI is InChI=1S/C11H11F3N2O4S/c12-11(13,14)7-15-10(17)6-21(20)5-8-2-1-3-9(4-8)16(18)19/h1-4H,5-7H2,(H,15,17). The minimum atomic E-state index is -4.53. The summed E-state index contributed by atoms with van der Waals surface area (Å²) in [5, 5.41) is 12.2. The molecule has 1 amide bonds. The number of benzene rings is 1. The largest absolute Gasteiger partial charge is 0.405 e. The summed E-state index contributed by atoms with van der Waals surface area (Å²) in [6.07, 6.45) is -4.53. The Morgan fingerprint density at radius 3 is 2.62 bits per heavy atom. The van der Waals surface area contributed by atoms with Gasteiger partial charge in [0.05, 0.1) is 4.92 Å². The first-order valence-corrected chi connectivity index (χ1v) is 7.08. The number of nitrogens with one attached hydrogen (secondary N) is 1. The van der Waals surface area contributed by atoms with Crippen LogP contribution < -0.4 is 5.32 Å². The van der Waals surface area contributed by atoms with Gasteiger partial charge in [0.1, 0.15) is 12.3 Å². The molecule has 0 fully saturated rings. The number of hydrogen-bond donors (Lipinski definition) is 1. The molecule has 1 aromatic rings. The number of amides is 1. The number of rotatable bonds is 6. The molecule has 0 bridgehead atoms. The lowest BCUT2D eigenvalue weighted by Gasteiger charge is -2.08. The van der Waals surface area contributed by atoms with Gasteiger partial charge in [-0.1, -0.05) is 12.1 Å². The Morgan fingerprint density at radius 1 is 1.38 bits per heavy atom. The predicted octanol–water partition coefficient (Wildman–Crippen LogP) is 1.52. The number of halogens is 3. The van der Waals surface area contributed by atoms with Crippen molar-refractivity contribution < 1.29 is 27.1 Å². The summed E-state index contributed by atoms with van der Waals surface area (Å²) >= 11 is 0. The van der Waals surface area contributed by atoms with Gasteiger partial charge in [0.25, 0.3) is 5.69 Å². The molecule has 1 aromatic carbocycles. The number of nitro benzene ring substituents is 1. The first kappa shape index (κ1) is 17.1. The number of alkyl halides is 3. The van der Waals surface area contributed by atoms with Gasteiger partial charge in [-0.05, 0) is 5.56 Å². The average molecular weight is 324 g/mol. The summed E-state index contributed by atoms with van der Waals surface area (Å²) in [5.41, 5.74) is 0.178. The number of nitro groups is 1. The lowest BCUT2D eigenvalue weighted by Crippen LogP contribution is -2.36. The molecule has 0 saturated heterocycles. The molecule has 0 aromatic heterocycles. The molecule has 0 aliphatic carbocycles. The molecule has 0 saturated carbocycles. The molecule has 21 heavy (non-hydrogen) atoms. The minimum Gasteiger partial charge on any atom is -0.346 e. The summed E-state index contributed by atoms with van der Waals surface area (Å²) in [7, 11) is -1.75. The number of nitrogens with zero attached hydrogens (tertiary/aromatic N) is 1. The van der Waals surface area contributed by atoms with Crippen LogP contribution in [0.3, 0.4) is 0 Å². The van der Waals surface area contributed by atoms with Gasteiger partial charge in [0.15, 0.2) is 0 Å². The second kappa shape index (κ2) is 7.16. The monoisotopic (exact) mass is 324 g/mol. The van der Waals surface area contributed by atoms with E-state index >= 15 is 0 Å². The van der Waals surface area contributed by atoms with Crippen molar-refractivity contribution in [2.45, 2.75) is 11.9 Å². The van der Waals surface area contributed by atoms with Crippen molar-refractivity contribution in [3.05, 3.63) is 39.9 Å². The zero-order chi connectivity index (χ0) is 16.0. The van der Waals surface area contributed by atoms with E-state index in [1.54, 1.807) is 5.32 Å². The highest BCUT2D eigenvalue weighted by atomic mass is 32.2. The minimum absolute atomic E-state index is 0.152. The highest BCUT2D eigenvalue weighted by Crippen LogP contribution is 2.15. The fourth-order valence-electron chi connectivity index (χ4n) is 1.39. The lowest BCUT2D eigenvalue weighted by molar-refractivity contribution is -0.384.